The van der Waals surface area contributed by atoms with Crippen LogP contribution in [-0.4, -0.2) is 101 Å². The van der Waals surface area contributed by atoms with Gasteiger partial charge in [-0.1, -0.05) is 0 Å². The highest BCUT2D eigenvalue weighted by Crippen LogP contribution is 2.54. The number of nitrogens with zero attached hydrogens (tertiary/aromatic N) is 3. The van der Waals surface area contributed by atoms with Crippen molar-refractivity contribution in [2.24, 2.45) is 17.6 Å². The molecule has 1 aliphatic heterocycles. The summed E-state index contributed by atoms with van der Waals surface area (Å²) in [6, 6.07) is 5.39. The van der Waals surface area contributed by atoms with Crippen LogP contribution in [0.15, 0.2) is 39.5 Å². The number of piperazine rings is 1. The van der Waals surface area contributed by atoms with Gasteiger partial charge in [-0.3, -0.25) is 19.3 Å². The molecule has 4 aliphatic rings. The topological polar surface area (TPSA) is 181 Å². The van der Waals surface area contributed by atoms with E-state index >= 15 is 0 Å². The quantitative estimate of drug-likeness (QED) is 0.318. The van der Waals surface area contributed by atoms with E-state index in [1.807, 2.05) is 25.1 Å². The first-order valence-electron chi connectivity index (χ1n) is 14.4. The van der Waals surface area contributed by atoms with Crippen LogP contribution in [0.25, 0.3) is 17.1 Å². The maximum absolute atomic E-state index is 13.9. The number of anilines is 1. The number of likely N-dealkylation sites (N-methyl/N-ethyl adjacent to an activating group) is 1. The molecule has 0 bridgehead atoms. The molecule has 1 aromatic carbocycles. The highest BCUT2D eigenvalue weighted by atomic mass is 16.4. The summed E-state index contributed by atoms with van der Waals surface area (Å²) in [7, 11) is 5.74. The number of benzene rings is 1. The summed E-state index contributed by atoms with van der Waals surface area (Å²) in [4.78, 5) is 44.8. The van der Waals surface area contributed by atoms with E-state index in [4.69, 9.17) is 10.2 Å². The molecule has 2 fully saturated rings. The number of ketones is 2. The van der Waals surface area contributed by atoms with Crippen LogP contribution in [0.4, 0.5) is 5.69 Å². The zero-order valence-electron chi connectivity index (χ0n) is 24.4. The van der Waals surface area contributed by atoms with Gasteiger partial charge in [-0.15, -0.1) is 0 Å². The van der Waals surface area contributed by atoms with Crippen LogP contribution in [0.1, 0.15) is 29.7 Å². The van der Waals surface area contributed by atoms with Crippen molar-refractivity contribution in [3.8, 4) is 17.1 Å². The molecule has 43 heavy (non-hydrogen) atoms. The van der Waals surface area contributed by atoms with Crippen LogP contribution < -0.4 is 10.6 Å². The fourth-order valence-corrected chi connectivity index (χ4v) is 7.09. The van der Waals surface area contributed by atoms with E-state index in [0.29, 0.717) is 29.1 Å². The third-order valence-corrected chi connectivity index (χ3v) is 9.42. The fraction of sp³-hybridized carbons (Fsp3) is 0.452. The Morgan fingerprint density at radius 2 is 1.81 bits per heavy atom. The molecule has 12 nitrogen and oxygen atoms in total. The molecule has 3 atom stereocenters. The predicted octanol–water partition coefficient (Wildman–Crippen LogP) is 1.50. The molecule has 12 heteroatoms. The Hall–Kier alpha value is -4.13. The van der Waals surface area contributed by atoms with E-state index in [-0.39, 0.29) is 36.1 Å². The number of carbonyl (C=O) groups is 3. The number of carbonyl (C=O) groups excluding carboxylic acids is 3. The van der Waals surface area contributed by atoms with Crippen molar-refractivity contribution in [2.45, 2.75) is 31.4 Å². The fourth-order valence-electron chi connectivity index (χ4n) is 7.09. The lowest BCUT2D eigenvalue weighted by atomic mass is 9.59. The number of fused-ring (bicyclic) bond motifs is 3. The Morgan fingerprint density at radius 3 is 2.47 bits per heavy atom. The molecule has 0 radical (unpaired) electrons. The molecule has 1 unspecified atom stereocenters. The summed E-state index contributed by atoms with van der Waals surface area (Å²) in [6.07, 6.45) is -0.0592. The molecule has 2 aromatic rings. The van der Waals surface area contributed by atoms with Crippen molar-refractivity contribution < 1.29 is 39.2 Å². The van der Waals surface area contributed by atoms with Gasteiger partial charge in [0.15, 0.2) is 11.4 Å². The number of Topliss-reactive ketones (excluding diaryl/α,β-unsaturated/α-hetero) is 2. The number of nitrogens with two attached hydrogens (primary N) is 1. The Balaban J connectivity index is 1.44. The SMILES string of the molecule is CN1CCN(Cc2ccc(-c3cc(N(C)C)c4c(c3O)C(O)=C3C(=O)[C@]5(O)C(O)=C(C(N)=O)C(=O)C[C@@H]5CC3C4)o2)CC1. The second kappa shape index (κ2) is 10.2. The van der Waals surface area contributed by atoms with Gasteiger partial charge in [-0.05, 0) is 49.6 Å². The van der Waals surface area contributed by atoms with Gasteiger partial charge in [0.1, 0.15) is 34.4 Å². The third kappa shape index (κ3) is 4.43. The Bertz CT molecular complexity index is 1610. The highest BCUT2D eigenvalue weighted by Gasteiger charge is 2.60. The second-order valence-corrected chi connectivity index (χ2v) is 12.3. The first-order chi connectivity index (χ1) is 20.3. The van der Waals surface area contributed by atoms with Crippen molar-refractivity contribution in [3.63, 3.8) is 0 Å². The lowest BCUT2D eigenvalue weighted by Crippen LogP contribution is -2.58. The molecule has 6 N–H and O–H groups in total. The number of hydrogen-bond acceptors (Lipinski definition) is 11. The number of furan rings is 1. The van der Waals surface area contributed by atoms with E-state index < -0.39 is 52.0 Å². The summed E-state index contributed by atoms with van der Waals surface area (Å²) in [5.41, 5.74) is 3.33. The lowest BCUT2D eigenvalue weighted by molar-refractivity contribution is -0.147. The van der Waals surface area contributed by atoms with Crippen LogP contribution in [0.2, 0.25) is 0 Å². The Labute approximate surface area is 248 Å². The second-order valence-electron chi connectivity index (χ2n) is 12.3. The van der Waals surface area contributed by atoms with Crippen molar-refractivity contribution >= 4 is 28.9 Å². The monoisotopic (exact) mass is 592 g/mol. The first-order valence-corrected chi connectivity index (χ1v) is 14.4. The molecule has 1 amide bonds. The molecule has 3 aliphatic carbocycles. The van der Waals surface area contributed by atoms with Gasteiger partial charge in [0, 0.05) is 63.9 Å². The minimum Gasteiger partial charge on any atom is -0.508 e. The Morgan fingerprint density at radius 1 is 1.12 bits per heavy atom. The number of aliphatic hydroxyl groups is 3. The van der Waals surface area contributed by atoms with E-state index in [0.717, 1.165) is 31.9 Å². The summed E-state index contributed by atoms with van der Waals surface area (Å²) in [5.74, 6) is -5.44. The molecule has 1 aromatic heterocycles. The number of phenolic OH excluding ortho intramolecular Hbond substituents is 1. The maximum atomic E-state index is 13.9. The number of hydrogen-bond donors (Lipinski definition) is 5. The van der Waals surface area contributed by atoms with Crippen LogP contribution >= 0.6 is 0 Å². The first kappa shape index (κ1) is 29.0. The van der Waals surface area contributed by atoms with Gasteiger partial charge in [-0.2, -0.15) is 0 Å². The number of aliphatic hydroxyl groups excluding tert-OH is 2. The highest BCUT2D eigenvalue weighted by molar-refractivity contribution is 6.22. The minimum atomic E-state index is -2.60. The standard InChI is InChI=1S/C31H36N4O8/c1-33(2)20-13-19(22-5-4-17(43-22)14-35-8-6-34(3)7-9-35)26(37)24-18(20)11-15-10-16-12-21(36)25(30(32)41)29(40)31(16,42)28(39)23(15)27(24)38/h4-5,13,15-16,37-38,40,42H,6-12,14H2,1-3H3,(H2,32,41)/t15?,16-,31-/m0/s1. The van der Waals surface area contributed by atoms with Gasteiger partial charge < -0.3 is 40.4 Å². The van der Waals surface area contributed by atoms with Gasteiger partial charge in [0.2, 0.25) is 5.78 Å². The molecular weight excluding hydrogens is 556 g/mol. The number of phenols is 1. The molecule has 0 spiro atoms. The lowest BCUT2D eigenvalue weighted by Gasteiger charge is -2.46. The maximum Gasteiger partial charge on any atom is 0.255 e. The van der Waals surface area contributed by atoms with Crippen LogP contribution in [0, 0.1) is 11.8 Å². The normalized spacial score (nSPS) is 26.3. The van der Waals surface area contributed by atoms with Gasteiger partial charge in [0.25, 0.3) is 5.91 Å². The average molecular weight is 593 g/mol. The summed E-state index contributed by atoms with van der Waals surface area (Å²) in [6.45, 7) is 4.35. The van der Waals surface area contributed by atoms with E-state index in [1.165, 1.54) is 0 Å². The molecule has 1 saturated carbocycles. The number of primary amides is 1. The zero-order chi connectivity index (χ0) is 31.0. The zero-order valence-corrected chi connectivity index (χ0v) is 24.4. The third-order valence-electron chi connectivity index (χ3n) is 9.42. The number of rotatable bonds is 5. The number of amides is 1. The molecule has 6 rings (SSSR count). The van der Waals surface area contributed by atoms with Crippen molar-refractivity contribution in [3.05, 3.63) is 52.0 Å². The summed E-state index contributed by atoms with van der Waals surface area (Å²) < 4.78 is 6.16. The molecule has 228 valence electrons. The summed E-state index contributed by atoms with van der Waals surface area (Å²) >= 11 is 0. The van der Waals surface area contributed by atoms with Gasteiger partial charge >= 0.3 is 0 Å². The molecule has 1 saturated heterocycles. The average Bonchev–Trinajstić information content (AvgIpc) is 3.39. The van der Waals surface area contributed by atoms with Crippen molar-refractivity contribution in [1.82, 2.24) is 9.80 Å². The van der Waals surface area contributed by atoms with Crippen molar-refractivity contribution in [1.29, 1.82) is 0 Å². The van der Waals surface area contributed by atoms with Gasteiger partial charge in [-0.25, -0.2) is 0 Å². The summed E-state index contributed by atoms with van der Waals surface area (Å²) in [5, 5.41) is 45.5. The minimum absolute atomic E-state index is 0.0327. The van der Waals surface area contributed by atoms with E-state index in [1.54, 1.807) is 12.1 Å². The molecular formula is C31H36N4O8. The van der Waals surface area contributed by atoms with Crippen LogP contribution in [0.5, 0.6) is 5.75 Å². The smallest absolute Gasteiger partial charge is 0.255 e. The molecule has 2 heterocycles. The van der Waals surface area contributed by atoms with Crippen LogP contribution in [-0.2, 0) is 27.3 Å². The largest absolute Gasteiger partial charge is 0.508 e. The predicted molar refractivity (Wildman–Crippen MR) is 156 cm³/mol. The van der Waals surface area contributed by atoms with Crippen molar-refractivity contribution in [2.75, 3.05) is 52.2 Å². The Kier molecular flexibility index (Phi) is 6.90. The van der Waals surface area contributed by atoms with E-state index in [9.17, 15) is 34.8 Å². The number of aromatic hydroxyl groups is 1. The van der Waals surface area contributed by atoms with Crippen LogP contribution in [0.3, 0.4) is 0 Å². The van der Waals surface area contributed by atoms with Gasteiger partial charge in [0.05, 0.1) is 17.7 Å². The van der Waals surface area contributed by atoms with E-state index in [2.05, 4.69) is 16.8 Å².